The van der Waals surface area contributed by atoms with Crippen molar-refractivity contribution < 1.29 is 4.42 Å². The molecule has 3 nitrogen and oxygen atoms in total. The van der Waals surface area contributed by atoms with Gasteiger partial charge in [0.05, 0.1) is 6.26 Å². The molecule has 0 aliphatic rings. The van der Waals surface area contributed by atoms with E-state index in [9.17, 15) is 0 Å². The Morgan fingerprint density at radius 2 is 1.95 bits per heavy atom. The quantitative estimate of drug-likeness (QED) is 0.865. The lowest BCUT2D eigenvalue weighted by Crippen LogP contribution is -2.41. The van der Waals surface area contributed by atoms with Crippen molar-refractivity contribution in [3.8, 4) is 0 Å². The SMILES string of the molecule is CC(C)C(CNCc1coc2ccccc12)N(C)C. The number of para-hydroxylation sites is 1. The van der Waals surface area contributed by atoms with E-state index in [4.69, 9.17) is 4.42 Å². The predicted octanol–water partition coefficient (Wildman–Crippen LogP) is 3.11. The van der Waals surface area contributed by atoms with Gasteiger partial charge >= 0.3 is 0 Å². The van der Waals surface area contributed by atoms with Gasteiger partial charge in [-0.05, 0) is 26.1 Å². The Hall–Kier alpha value is -1.32. The highest BCUT2D eigenvalue weighted by Gasteiger charge is 2.15. The molecule has 104 valence electrons. The van der Waals surface area contributed by atoms with E-state index in [0.29, 0.717) is 12.0 Å². The first kappa shape index (κ1) is 14.1. The Morgan fingerprint density at radius 3 is 2.63 bits per heavy atom. The van der Waals surface area contributed by atoms with Crippen LogP contribution in [0.3, 0.4) is 0 Å². The molecule has 1 aromatic carbocycles. The second-order valence-electron chi connectivity index (χ2n) is 5.66. The number of nitrogens with zero attached hydrogens (tertiary/aromatic N) is 1. The van der Waals surface area contributed by atoms with Crippen LogP contribution < -0.4 is 5.32 Å². The molecule has 1 unspecified atom stereocenters. The topological polar surface area (TPSA) is 28.4 Å². The Kier molecular flexibility index (Phi) is 4.61. The van der Waals surface area contributed by atoms with Crippen LogP contribution in [0.15, 0.2) is 34.9 Å². The Morgan fingerprint density at radius 1 is 1.21 bits per heavy atom. The van der Waals surface area contributed by atoms with Crippen LogP contribution in [0.2, 0.25) is 0 Å². The third-order valence-corrected chi connectivity index (χ3v) is 3.66. The van der Waals surface area contributed by atoms with E-state index in [-0.39, 0.29) is 0 Å². The standard InChI is InChI=1S/C16H24N2O/c1-12(2)15(18(3)4)10-17-9-13-11-19-16-8-6-5-7-14(13)16/h5-8,11-12,15,17H,9-10H2,1-4H3. The lowest BCUT2D eigenvalue weighted by molar-refractivity contribution is 0.224. The van der Waals surface area contributed by atoms with Crippen LogP contribution in [0.4, 0.5) is 0 Å². The summed E-state index contributed by atoms with van der Waals surface area (Å²) >= 11 is 0. The number of nitrogens with one attached hydrogen (secondary N) is 1. The number of hydrogen-bond acceptors (Lipinski definition) is 3. The van der Waals surface area contributed by atoms with Crippen LogP contribution >= 0.6 is 0 Å². The molecule has 1 aromatic heterocycles. The number of rotatable bonds is 6. The maximum Gasteiger partial charge on any atom is 0.134 e. The predicted molar refractivity (Wildman–Crippen MR) is 80.2 cm³/mol. The second-order valence-corrected chi connectivity index (χ2v) is 5.66. The number of hydrogen-bond donors (Lipinski definition) is 1. The van der Waals surface area contributed by atoms with Crippen LogP contribution in [0.25, 0.3) is 11.0 Å². The molecule has 1 atom stereocenters. The van der Waals surface area contributed by atoms with Crippen molar-refractivity contribution in [1.29, 1.82) is 0 Å². The summed E-state index contributed by atoms with van der Waals surface area (Å²) in [5.74, 6) is 0.642. The van der Waals surface area contributed by atoms with Crippen LogP contribution in [0.5, 0.6) is 0 Å². The molecule has 0 fully saturated rings. The maximum atomic E-state index is 5.55. The van der Waals surface area contributed by atoms with Crippen LogP contribution in [-0.2, 0) is 6.54 Å². The Bertz CT molecular complexity index is 508. The van der Waals surface area contributed by atoms with E-state index >= 15 is 0 Å². The molecule has 0 saturated heterocycles. The minimum absolute atomic E-state index is 0.554. The number of benzene rings is 1. The fourth-order valence-corrected chi connectivity index (χ4v) is 2.54. The van der Waals surface area contributed by atoms with Crippen molar-refractivity contribution in [2.24, 2.45) is 5.92 Å². The first-order valence-electron chi connectivity index (χ1n) is 6.92. The number of furan rings is 1. The van der Waals surface area contributed by atoms with Crippen molar-refractivity contribution in [1.82, 2.24) is 10.2 Å². The number of fused-ring (bicyclic) bond motifs is 1. The van der Waals surface area contributed by atoms with Gasteiger partial charge in [0, 0.05) is 30.1 Å². The number of likely N-dealkylation sites (N-methyl/N-ethyl adjacent to an activating group) is 1. The Balaban J connectivity index is 1.95. The minimum atomic E-state index is 0.554. The van der Waals surface area contributed by atoms with Gasteiger partial charge in [-0.1, -0.05) is 32.0 Å². The zero-order chi connectivity index (χ0) is 13.8. The first-order chi connectivity index (χ1) is 9.09. The first-order valence-corrected chi connectivity index (χ1v) is 6.92. The summed E-state index contributed by atoms with van der Waals surface area (Å²) in [5.41, 5.74) is 2.20. The molecule has 0 saturated carbocycles. The monoisotopic (exact) mass is 260 g/mol. The van der Waals surface area contributed by atoms with Gasteiger partial charge in [0.1, 0.15) is 5.58 Å². The third kappa shape index (κ3) is 3.37. The molecule has 1 N–H and O–H groups in total. The zero-order valence-electron chi connectivity index (χ0n) is 12.3. The van der Waals surface area contributed by atoms with Gasteiger partial charge in [-0.25, -0.2) is 0 Å². The lowest BCUT2D eigenvalue weighted by atomic mass is 10.0. The molecule has 19 heavy (non-hydrogen) atoms. The minimum Gasteiger partial charge on any atom is -0.464 e. The summed E-state index contributed by atoms with van der Waals surface area (Å²) in [6.07, 6.45) is 1.86. The largest absolute Gasteiger partial charge is 0.464 e. The van der Waals surface area contributed by atoms with E-state index in [1.165, 1.54) is 10.9 Å². The molecule has 0 spiro atoms. The van der Waals surface area contributed by atoms with Gasteiger partial charge in [-0.3, -0.25) is 0 Å². The fourth-order valence-electron chi connectivity index (χ4n) is 2.54. The highest BCUT2D eigenvalue weighted by molar-refractivity contribution is 5.80. The van der Waals surface area contributed by atoms with Gasteiger partial charge in [-0.15, -0.1) is 0 Å². The molecule has 0 aliphatic carbocycles. The van der Waals surface area contributed by atoms with Crippen LogP contribution in [0.1, 0.15) is 19.4 Å². The zero-order valence-corrected chi connectivity index (χ0v) is 12.3. The summed E-state index contributed by atoms with van der Waals surface area (Å²) in [4.78, 5) is 2.28. The van der Waals surface area contributed by atoms with Crippen LogP contribution in [0, 0.1) is 5.92 Å². The normalized spacial score (nSPS) is 13.6. The van der Waals surface area contributed by atoms with Crippen molar-refractivity contribution in [3.63, 3.8) is 0 Å². The van der Waals surface area contributed by atoms with E-state index in [0.717, 1.165) is 18.7 Å². The molecular formula is C16H24N2O. The molecule has 0 amide bonds. The maximum absolute atomic E-state index is 5.55. The highest BCUT2D eigenvalue weighted by atomic mass is 16.3. The molecule has 0 aliphatic heterocycles. The Labute approximate surface area is 115 Å². The van der Waals surface area contributed by atoms with E-state index < -0.39 is 0 Å². The highest BCUT2D eigenvalue weighted by Crippen LogP contribution is 2.20. The molecule has 0 bridgehead atoms. The summed E-state index contributed by atoms with van der Waals surface area (Å²) in [6.45, 7) is 6.37. The van der Waals surface area contributed by atoms with Gasteiger partial charge < -0.3 is 14.6 Å². The average molecular weight is 260 g/mol. The van der Waals surface area contributed by atoms with Gasteiger partial charge in [0.25, 0.3) is 0 Å². The summed E-state index contributed by atoms with van der Waals surface area (Å²) in [6, 6.07) is 8.73. The second kappa shape index (κ2) is 6.22. The summed E-state index contributed by atoms with van der Waals surface area (Å²) in [7, 11) is 4.28. The van der Waals surface area contributed by atoms with Crippen LogP contribution in [-0.4, -0.2) is 31.6 Å². The van der Waals surface area contributed by atoms with E-state index in [2.05, 4.69) is 50.3 Å². The third-order valence-electron chi connectivity index (χ3n) is 3.66. The molecule has 2 aromatic rings. The molecular weight excluding hydrogens is 236 g/mol. The lowest BCUT2D eigenvalue weighted by Gasteiger charge is -2.28. The fraction of sp³-hybridized carbons (Fsp3) is 0.500. The summed E-state index contributed by atoms with van der Waals surface area (Å²) < 4.78 is 5.55. The van der Waals surface area contributed by atoms with Crippen molar-refractivity contribution in [2.75, 3.05) is 20.6 Å². The van der Waals surface area contributed by atoms with Gasteiger partial charge in [-0.2, -0.15) is 0 Å². The summed E-state index contributed by atoms with van der Waals surface area (Å²) in [5, 5.41) is 4.75. The van der Waals surface area contributed by atoms with Crippen molar-refractivity contribution in [2.45, 2.75) is 26.4 Å². The molecule has 2 rings (SSSR count). The average Bonchev–Trinajstić information content (AvgIpc) is 2.77. The van der Waals surface area contributed by atoms with Crippen molar-refractivity contribution >= 4 is 11.0 Å². The molecule has 3 heteroatoms. The molecule has 0 radical (unpaired) electrons. The van der Waals surface area contributed by atoms with Gasteiger partial charge in [0.15, 0.2) is 0 Å². The van der Waals surface area contributed by atoms with E-state index in [1.54, 1.807) is 0 Å². The van der Waals surface area contributed by atoms with Gasteiger partial charge in [0.2, 0.25) is 0 Å². The van der Waals surface area contributed by atoms with E-state index in [1.807, 2.05) is 18.4 Å². The molecule has 1 heterocycles. The smallest absolute Gasteiger partial charge is 0.134 e. The van der Waals surface area contributed by atoms with Crippen molar-refractivity contribution in [3.05, 3.63) is 36.1 Å².